The van der Waals surface area contributed by atoms with Gasteiger partial charge in [-0.25, -0.2) is 0 Å². The number of fused-ring (bicyclic) bond motifs is 1. The first-order valence-electron chi connectivity index (χ1n) is 7.81. The van der Waals surface area contributed by atoms with Crippen LogP contribution in [0.1, 0.15) is 62.2 Å². The lowest BCUT2D eigenvalue weighted by Gasteiger charge is -2.16. The number of benzene rings is 1. The van der Waals surface area contributed by atoms with E-state index in [0.29, 0.717) is 16.6 Å². The molecule has 3 nitrogen and oxygen atoms in total. The zero-order valence-electron chi connectivity index (χ0n) is 12.5. The van der Waals surface area contributed by atoms with Crippen LogP contribution in [0.3, 0.4) is 0 Å². The molecule has 0 atom stereocenters. The summed E-state index contributed by atoms with van der Waals surface area (Å²) in [6.45, 7) is 2.85. The van der Waals surface area contributed by atoms with Crippen molar-refractivity contribution in [1.82, 2.24) is 0 Å². The van der Waals surface area contributed by atoms with E-state index in [2.05, 4.69) is 22.9 Å². The summed E-state index contributed by atoms with van der Waals surface area (Å²) >= 11 is 3.36. The first kappa shape index (κ1) is 16.2. The normalized spacial score (nSPS) is 13.9. The second kappa shape index (κ2) is 7.74. The Hall–Kier alpha value is -1.16. The zero-order chi connectivity index (χ0) is 15.2. The van der Waals surface area contributed by atoms with Crippen LogP contribution in [-0.4, -0.2) is 18.2 Å². The number of nitrogens with zero attached hydrogens (tertiary/aromatic N) is 1. The summed E-state index contributed by atoms with van der Waals surface area (Å²) < 4.78 is 0.709. The van der Waals surface area contributed by atoms with Crippen LogP contribution < -0.4 is 4.90 Å². The summed E-state index contributed by atoms with van der Waals surface area (Å²) in [5.74, 6) is -0.775. The minimum absolute atomic E-state index is 0.386. The third-order valence-corrected chi connectivity index (χ3v) is 4.59. The van der Waals surface area contributed by atoms with Crippen molar-refractivity contribution >= 4 is 33.3 Å². The highest BCUT2D eigenvalue weighted by Crippen LogP contribution is 2.34. The number of hydrogen-bond acceptors (Lipinski definition) is 2. The Kier molecular flexibility index (Phi) is 5.97. The topological polar surface area (TPSA) is 37.4 Å². The van der Waals surface area contributed by atoms with Crippen LogP contribution in [0.5, 0.6) is 0 Å². The third kappa shape index (κ3) is 3.73. The average molecular weight is 352 g/mol. The Balaban J connectivity index is 1.86. The maximum atomic E-state index is 12.1. The molecule has 0 radical (unpaired) electrons. The molecule has 1 amide bonds. The van der Waals surface area contributed by atoms with Gasteiger partial charge in [-0.1, -0.05) is 51.5 Å². The second-order valence-corrected chi connectivity index (χ2v) is 6.40. The van der Waals surface area contributed by atoms with Crippen molar-refractivity contribution in [1.29, 1.82) is 0 Å². The molecule has 0 saturated heterocycles. The lowest BCUT2D eigenvalue weighted by Crippen LogP contribution is -2.30. The van der Waals surface area contributed by atoms with Crippen molar-refractivity contribution in [3.05, 3.63) is 28.2 Å². The number of unbranched alkanes of at least 4 members (excludes halogenated alkanes) is 6. The first-order valence-corrected chi connectivity index (χ1v) is 8.60. The van der Waals surface area contributed by atoms with Gasteiger partial charge in [-0.3, -0.25) is 9.59 Å². The third-order valence-electron chi connectivity index (χ3n) is 3.93. The number of rotatable bonds is 8. The van der Waals surface area contributed by atoms with Crippen LogP contribution in [-0.2, 0) is 4.79 Å². The highest BCUT2D eigenvalue weighted by molar-refractivity contribution is 9.10. The molecule has 2 rings (SSSR count). The van der Waals surface area contributed by atoms with E-state index < -0.39 is 0 Å². The van der Waals surface area contributed by atoms with Crippen molar-refractivity contribution in [3.8, 4) is 0 Å². The van der Waals surface area contributed by atoms with Crippen LogP contribution in [0, 0.1) is 0 Å². The number of carbonyl (C=O) groups excluding carboxylic acids is 2. The average Bonchev–Trinajstić information content (AvgIpc) is 2.72. The summed E-state index contributed by atoms with van der Waals surface area (Å²) in [7, 11) is 0. The molecule has 0 aliphatic carbocycles. The van der Waals surface area contributed by atoms with Gasteiger partial charge in [-0.15, -0.1) is 0 Å². The Morgan fingerprint density at radius 3 is 2.38 bits per heavy atom. The molecule has 1 aromatic carbocycles. The smallest absolute Gasteiger partial charge is 0.299 e. The summed E-state index contributed by atoms with van der Waals surface area (Å²) in [6.07, 6.45) is 8.41. The van der Waals surface area contributed by atoms with Gasteiger partial charge in [0.2, 0.25) is 0 Å². The van der Waals surface area contributed by atoms with Crippen LogP contribution in [0.15, 0.2) is 22.7 Å². The molecular weight excluding hydrogens is 330 g/mol. The fourth-order valence-electron chi connectivity index (χ4n) is 2.75. The molecule has 0 bridgehead atoms. The van der Waals surface area contributed by atoms with Gasteiger partial charge in [-0.05, 0) is 34.5 Å². The number of anilines is 1. The predicted molar refractivity (Wildman–Crippen MR) is 88.8 cm³/mol. The lowest BCUT2D eigenvalue weighted by molar-refractivity contribution is -0.114. The Labute approximate surface area is 134 Å². The molecule has 1 aliphatic rings. The van der Waals surface area contributed by atoms with Gasteiger partial charge in [0.1, 0.15) is 0 Å². The van der Waals surface area contributed by atoms with Gasteiger partial charge in [0.15, 0.2) is 0 Å². The van der Waals surface area contributed by atoms with Gasteiger partial charge >= 0.3 is 0 Å². The lowest BCUT2D eigenvalue weighted by atomic mass is 10.1. The van der Waals surface area contributed by atoms with Crippen molar-refractivity contribution in [2.75, 3.05) is 11.4 Å². The minimum Gasteiger partial charge on any atom is -0.305 e. The molecule has 21 heavy (non-hydrogen) atoms. The van der Waals surface area contributed by atoms with Gasteiger partial charge in [0.25, 0.3) is 11.7 Å². The van der Waals surface area contributed by atoms with E-state index in [9.17, 15) is 9.59 Å². The summed E-state index contributed by atoms with van der Waals surface area (Å²) in [6, 6.07) is 5.53. The largest absolute Gasteiger partial charge is 0.305 e. The molecule has 1 heterocycles. The van der Waals surface area contributed by atoms with Crippen molar-refractivity contribution < 1.29 is 9.59 Å². The number of ketones is 1. The van der Waals surface area contributed by atoms with Gasteiger partial charge in [0.05, 0.1) is 11.3 Å². The first-order chi connectivity index (χ1) is 10.2. The van der Waals surface area contributed by atoms with Crippen molar-refractivity contribution in [2.24, 2.45) is 0 Å². The fraction of sp³-hybridized carbons (Fsp3) is 0.529. The predicted octanol–water partition coefficient (Wildman–Crippen LogP) is 4.73. The molecule has 0 spiro atoms. The Bertz CT molecular complexity index is 528. The standard InChI is InChI=1S/C17H22BrNO2/c1-2-3-4-5-6-7-8-12-19-14-11-9-10-13(18)15(14)16(20)17(19)21/h9-11H,2-8,12H2,1H3. The summed E-state index contributed by atoms with van der Waals surface area (Å²) in [5.41, 5.74) is 1.27. The van der Waals surface area contributed by atoms with Crippen molar-refractivity contribution in [3.63, 3.8) is 0 Å². The molecular formula is C17H22BrNO2. The number of halogens is 1. The quantitative estimate of drug-likeness (QED) is 0.501. The van der Waals surface area contributed by atoms with Crippen LogP contribution in [0.4, 0.5) is 5.69 Å². The zero-order valence-corrected chi connectivity index (χ0v) is 14.1. The second-order valence-electron chi connectivity index (χ2n) is 5.54. The molecule has 0 aromatic heterocycles. The Morgan fingerprint density at radius 1 is 1.00 bits per heavy atom. The number of carbonyl (C=O) groups is 2. The maximum absolute atomic E-state index is 12.1. The highest BCUT2D eigenvalue weighted by Gasteiger charge is 2.36. The Morgan fingerprint density at radius 2 is 1.67 bits per heavy atom. The number of amides is 1. The van der Waals surface area contributed by atoms with Crippen LogP contribution in [0.25, 0.3) is 0 Å². The van der Waals surface area contributed by atoms with E-state index in [-0.39, 0.29) is 11.7 Å². The van der Waals surface area contributed by atoms with E-state index >= 15 is 0 Å². The van der Waals surface area contributed by atoms with Gasteiger partial charge < -0.3 is 4.90 Å². The highest BCUT2D eigenvalue weighted by atomic mass is 79.9. The van der Waals surface area contributed by atoms with E-state index in [4.69, 9.17) is 0 Å². The van der Waals surface area contributed by atoms with E-state index in [1.807, 2.05) is 12.1 Å². The summed E-state index contributed by atoms with van der Waals surface area (Å²) in [4.78, 5) is 25.7. The molecule has 1 aromatic rings. The molecule has 0 unspecified atom stereocenters. The fourth-order valence-corrected chi connectivity index (χ4v) is 3.29. The monoisotopic (exact) mass is 351 g/mol. The van der Waals surface area contributed by atoms with E-state index in [0.717, 1.165) is 18.5 Å². The SMILES string of the molecule is CCCCCCCCCN1C(=O)C(=O)c2c(Br)cccc21. The molecule has 114 valence electrons. The molecule has 0 saturated carbocycles. The number of Topliss-reactive ketones (excluding diaryl/α,β-unsaturated/α-hetero) is 1. The van der Waals surface area contributed by atoms with E-state index in [1.165, 1.54) is 32.1 Å². The number of hydrogen-bond donors (Lipinski definition) is 0. The van der Waals surface area contributed by atoms with Gasteiger partial charge in [0, 0.05) is 11.0 Å². The molecule has 0 N–H and O–H groups in total. The van der Waals surface area contributed by atoms with Crippen LogP contribution in [0.2, 0.25) is 0 Å². The minimum atomic E-state index is -0.388. The molecule has 1 aliphatic heterocycles. The van der Waals surface area contributed by atoms with E-state index in [1.54, 1.807) is 11.0 Å². The maximum Gasteiger partial charge on any atom is 0.299 e. The van der Waals surface area contributed by atoms with Gasteiger partial charge in [-0.2, -0.15) is 0 Å². The summed E-state index contributed by atoms with van der Waals surface area (Å²) in [5, 5.41) is 0. The molecule has 4 heteroatoms. The van der Waals surface area contributed by atoms with Crippen molar-refractivity contribution in [2.45, 2.75) is 51.9 Å². The van der Waals surface area contributed by atoms with Crippen LogP contribution >= 0.6 is 15.9 Å². The molecule has 0 fully saturated rings.